The van der Waals surface area contributed by atoms with Gasteiger partial charge >= 0.3 is 5.69 Å². The number of benzene rings is 1. The number of aromatic nitrogens is 2. The number of halogens is 2. The smallest absolute Gasteiger partial charge is 0.300 e. The molecular formula is C14H14F2N2O2. The van der Waals surface area contributed by atoms with Crippen molar-refractivity contribution in [1.82, 2.24) is 9.13 Å². The number of aryl methyl sites for hydroxylation is 1. The second-order valence-corrected chi connectivity index (χ2v) is 4.42. The van der Waals surface area contributed by atoms with Gasteiger partial charge < -0.3 is 4.57 Å². The van der Waals surface area contributed by atoms with E-state index in [9.17, 15) is 18.4 Å². The van der Waals surface area contributed by atoms with E-state index in [1.807, 2.05) is 6.92 Å². The molecule has 6 heteroatoms. The number of nitrogens with zero attached hydrogens (tertiary/aromatic N) is 2. The standard InChI is InChI=1S/C14H14F2N2O2/c1-2-7-17-8-6-13(19)18(14(17)20)9-10-11(15)4-3-5-12(10)16/h3-6,8H,2,7,9H2,1H3. The third-order valence-corrected chi connectivity index (χ3v) is 2.98. The van der Waals surface area contributed by atoms with Crippen molar-refractivity contribution in [1.29, 1.82) is 0 Å². The van der Waals surface area contributed by atoms with E-state index in [4.69, 9.17) is 0 Å². The van der Waals surface area contributed by atoms with Crippen LogP contribution in [0.3, 0.4) is 0 Å². The lowest BCUT2D eigenvalue weighted by molar-refractivity contribution is 0.519. The van der Waals surface area contributed by atoms with E-state index in [2.05, 4.69) is 0 Å². The summed E-state index contributed by atoms with van der Waals surface area (Å²) >= 11 is 0. The predicted molar refractivity (Wildman–Crippen MR) is 70.7 cm³/mol. The molecule has 0 amide bonds. The third kappa shape index (κ3) is 2.68. The van der Waals surface area contributed by atoms with Crippen molar-refractivity contribution >= 4 is 0 Å². The summed E-state index contributed by atoms with van der Waals surface area (Å²) in [7, 11) is 0. The molecule has 1 heterocycles. The zero-order valence-electron chi connectivity index (χ0n) is 11.0. The summed E-state index contributed by atoms with van der Waals surface area (Å²) in [5.74, 6) is -1.55. The van der Waals surface area contributed by atoms with Gasteiger partial charge in [-0.3, -0.25) is 9.36 Å². The van der Waals surface area contributed by atoms with Crippen LogP contribution in [0.15, 0.2) is 40.1 Å². The molecule has 0 aliphatic heterocycles. The summed E-state index contributed by atoms with van der Waals surface area (Å²) in [5, 5.41) is 0. The first-order chi connectivity index (χ1) is 9.54. The highest BCUT2D eigenvalue weighted by atomic mass is 19.1. The molecule has 0 saturated carbocycles. The zero-order chi connectivity index (χ0) is 14.7. The Hall–Kier alpha value is -2.24. The topological polar surface area (TPSA) is 44.0 Å². The van der Waals surface area contributed by atoms with Gasteiger partial charge in [0.2, 0.25) is 0 Å². The first kappa shape index (κ1) is 14.2. The average molecular weight is 280 g/mol. The second kappa shape index (κ2) is 5.81. The van der Waals surface area contributed by atoms with Crippen LogP contribution in [-0.4, -0.2) is 9.13 Å². The summed E-state index contributed by atoms with van der Waals surface area (Å²) in [6.07, 6.45) is 2.11. The van der Waals surface area contributed by atoms with Crippen LogP contribution in [0, 0.1) is 11.6 Å². The number of hydrogen-bond acceptors (Lipinski definition) is 2. The minimum absolute atomic E-state index is 0.291. The van der Waals surface area contributed by atoms with E-state index in [0.29, 0.717) is 13.0 Å². The van der Waals surface area contributed by atoms with Crippen LogP contribution < -0.4 is 11.2 Å². The molecular weight excluding hydrogens is 266 g/mol. The highest BCUT2D eigenvalue weighted by molar-refractivity contribution is 5.20. The first-order valence-electron chi connectivity index (χ1n) is 6.27. The fourth-order valence-electron chi connectivity index (χ4n) is 1.95. The molecule has 0 N–H and O–H groups in total. The number of hydrogen-bond donors (Lipinski definition) is 0. The molecule has 0 atom stereocenters. The van der Waals surface area contributed by atoms with Gasteiger partial charge in [0.1, 0.15) is 11.6 Å². The largest absolute Gasteiger partial charge is 0.331 e. The van der Waals surface area contributed by atoms with E-state index in [-0.39, 0.29) is 5.56 Å². The van der Waals surface area contributed by atoms with Gasteiger partial charge in [-0.15, -0.1) is 0 Å². The third-order valence-electron chi connectivity index (χ3n) is 2.98. The van der Waals surface area contributed by atoms with Gasteiger partial charge in [-0.2, -0.15) is 0 Å². The van der Waals surface area contributed by atoms with Crippen molar-refractivity contribution in [2.45, 2.75) is 26.4 Å². The van der Waals surface area contributed by atoms with E-state index in [0.717, 1.165) is 16.7 Å². The van der Waals surface area contributed by atoms with Gasteiger partial charge in [-0.05, 0) is 18.6 Å². The van der Waals surface area contributed by atoms with Crippen molar-refractivity contribution < 1.29 is 8.78 Å². The van der Waals surface area contributed by atoms with Crippen LogP contribution >= 0.6 is 0 Å². The molecule has 2 rings (SSSR count). The van der Waals surface area contributed by atoms with E-state index >= 15 is 0 Å². The molecule has 4 nitrogen and oxygen atoms in total. The maximum Gasteiger partial charge on any atom is 0.331 e. The fraction of sp³-hybridized carbons (Fsp3) is 0.286. The van der Waals surface area contributed by atoms with Crippen LogP contribution in [0.5, 0.6) is 0 Å². The van der Waals surface area contributed by atoms with Crippen molar-refractivity contribution in [2.24, 2.45) is 0 Å². The van der Waals surface area contributed by atoms with Gasteiger partial charge in [0.25, 0.3) is 5.56 Å². The van der Waals surface area contributed by atoms with Gasteiger partial charge in [-0.25, -0.2) is 13.6 Å². The molecule has 0 unspecified atom stereocenters. The number of rotatable bonds is 4. The molecule has 0 fully saturated rings. The molecule has 20 heavy (non-hydrogen) atoms. The summed E-state index contributed by atoms with van der Waals surface area (Å²) in [6, 6.07) is 4.64. The Balaban J connectivity index is 2.51. The van der Waals surface area contributed by atoms with Crippen LogP contribution in [-0.2, 0) is 13.1 Å². The molecule has 0 saturated heterocycles. The molecule has 1 aromatic carbocycles. The Morgan fingerprint density at radius 3 is 2.35 bits per heavy atom. The molecule has 0 radical (unpaired) electrons. The lowest BCUT2D eigenvalue weighted by Gasteiger charge is -2.10. The SMILES string of the molecule is CCCn1ccc(=O)n(Cc2c(F)cccc2F)c1=O. The zero-order valence-corrected chi connectivity index (χ0v) is 11.0. The summed E-state index contributed by atoms with van der Waals surface area (Å²) in [6.45, 7) is 1.91. The molecule has 106 valence electrons. The monoisotopic (exact) mass is 280 g/mol. The first-order valence-corrected chi connectivity index (χ1v) is 6.27. The minimum atomic E-state index is -0.776. The van der Waals surface area contributed by atoms with Crippen molar-refractivity contribution in [3.63, 3.8) is 0 Å². The van der Waals surface area contributed by atoms with Crippen molar-refractivity contribution in [3.8, 4) is 0 Å². The summed E-state index contributed by atoms with van der Waals surface area (Å²) in [5.41, 5.74) is -1.44. The Bertz CT molecular complexity index is 714. The Morgan fingerprint density at radius 1 is 1.10 bits per heavy atom. The quantitative estimate of drug-likeness (QED) is 0.856. The summed E-state index contributed by atoms with van der Waals surface area (Å²) < 4.78 is 29.3. The van der Waals surface area contributed by atoms with Gasteiger partial charge in [0, 0.05) is 24.4 Å². The Morgan fingerprint density at radius 2 is 1.75 bits per heavy atom. The maximum absolute atomic E-state index is 13.6. The fourth-order valence-corrected chi connectivity index (χ4v) is 1.95. The minimum Gasteiger partial charge on any atom is -0.300 e. The van der Waals surface area contributed by atoms with E-state index in [1.54, 1.807) is 0 Å². The normalized spacial score (nSPS) is 10.8. The highest BCUT2D eigenvalue weighted by Gasteiger charge is 2.12. The second-order valence-electron chi connectivity index (χ2n) is 4.42. The predicted octanol–water partition coefficient (Wildman–Crippen LogP) is 1.75. The maximum atomic E-state index is 13.6. The van der Waals surface area contributed by atoms with Gasteiger partial charge in [0.05, 0.1) is 6.54 Å². The highest BCUT2D eigenvalue weighted by Crippen LogP contribution is 2.12. The molecule has 0 bridgehead atoms. The van der Waals surface area contributed by atoms with Gasteiger partial charge in [-0.1, -0.05) is 13.0 Å². The molecule has 0 spiro atoms. The summed E-state index contributed by atoms with van der Waals surface area (Å²) in [4.78, 5) is 23.8. The Labute approximate surface area is 113 Å². The van der Waals surface area contributed by atoms with Crippen LogP contribution in [0.2, 0.25) is 0 Å². The van der Waals surface area contributed by atoms with Crippen molar-refractivity contribution in [2.75, 3.05) is 0 Å². The lowest BCUT2D eigenvalue weighted by Crippen LogP contribution is -2.39. The Kier molecular flexibility index (Phi) is 4.12. The van der Waals surface area contributed by atoms with Crippen LogP contribution in [0.4, 0.5) is 8.78 Å². The van der Waals surface area contributed by atoms with Crippen LogP contribution in [0.1, 0.15) is 18.9 Å². The van der Waals surface area contributed by atoms with Crippen molar-refractivity contribution in [3.05, 3.63) is 68.5 Å². The van der Waals surface area contributed by atoms with E-state index < -0.39 is 29.4 Å². The molecule has 0 aliphatic rings. The molecule has 0 aliphatic carbocycles. The van der Waals surface area contributed by atoms with Crippen LogP contribution in [0.25, 0.3) is 0 Å². The van der Waals surface area contributed by atoms with E-state index in [1.165, 1.54) is 22.9 Å². The van der Waals surface area contributed by atoms with Gasteiger partial charge in [0.15, 0.2) is 0 Å². The molecule has 2 aromatic rings. The average Bonchev–Trinajstić information content (AvgIpc) is 2.41. The lowest BCUT2D eigenvalue weighted by atomic mass is 10.2. The molecule has 1 aromatic heterocycles.